The van der Waals surface area contributed by atoms with Crippen molar-refractivity contribution in [2.24, 2.45) is 0 Å². The van der Waals surface area contributed by atoms with Crippen molar-refractivity contribution in [3.63, 3.8) is 0 Å². The van der Waals surface area contributed by atoms with E-state index in [4.69, 9.17) is 11.6 Å². The Bertz CT molecular complexity index is 607. The van der Waals surface area contributed by atoms with Crippen LogP contribution in [-0.4, -0.2) is 30.3 Å². The molecule has 1 atom stereocenters. The normalized spacial score (nSPS) is 14.0. The number of likely N-dealkylation sites (N-methyl/N-ethyl adjacent to an activating group) is 1. The molecule has 0 aliphatic carbocycles. The lowest BCUT2D eigenvalue weighted by atomic mass is 9.84. The molecule has 110 valence electrons. The molecule has 0 amide bonds. The topological polar surface area (TPSA) is 20.3 Å². The van der Waals surface area contributed by atoms with E-state index in [2.05, 4.69) is 0 Å². The van der Waals surface area contributed by atoms with Gasteiger partial charge in [-0.2, -0.15) is 0 Å². The molecule has 0 saturated carbocycles. The Kier molecular flexibility index (Phi) is 4.81. The van der Waals surface area contributed by atoms with Crippen LogP contribution < -0.4 is 0 Å². The number of nitrogens with zero attached hydrogens (tertiary/aromatic N) is 1. The molecule has 3 heteroatoms. The molecule has 0 heterocycles. The second-order valence-corrected chi connectivity index (χ2v) is 6.10. The highest BCUT2D eigenvalue weighted by Crippen LogP contribution is 2.24. The van der Waals surface area contributed by atoms with Gasteiger partial charge in [0.1, 0.15) is 0 Å². The van der Waals surface area contributed by atoms with Crippen molar-refractivity contribution in [2.45, 2.75) is 18.9 Å². The summed E-state index contributed by atoms with van der Waals surface area (Å²) >= 11 is 5.93. The summed E-state index contributed by atoms with van der Waals surface area (Å²) in [5.74, 6) is 0.128. The summed E-state index contributed by atoms with van der Waals surface area (Å²) < 4.78 is 0. The van der Waals surface area contributed by atoms with E-state index >= 15 is 0 Å². The Balaban J connectivity index is 2.32. The predicted octanol–water partition coefficient (Wildman–Crippen LogP) is 4.09. The third-order valence-corrected chi connectivity index (χ3v) is 4.23. The molecule has 1 unspecified atom stereocenters. The van der Waals surface area contributed by atoms with Crippen molar-refractivity contribution in [1.29, 1.82) is 0 Å². The van der Waals surface area contributed by atoms with Gasteiger partial charge >= 0.3 is 0 Å². The number of rotatable bonds is 5. The zero-order chi connectivity index (χ0) is 15.5. The van der Waals surface area contributed by atoms with E-state index < -0.39 is 5.54 Å². The Morgan fingerprint density at radius 3 is 2.14 bits per heavy atom. The summed E-state index contributed by atoms with van der Waals surface area (Å²) in [6.45, 7) is 1.98. The number of carbonyl (C=O) groups excluding carboxylic acids is 1. The molecule has 0 fully saturated rings. The Morgan fingerprint density at radius 1 is 1.05 bits per heavy atom. The smallest absolute Gasteiger partial charge is 0.183 e. The van der Waals surface area contributed by atoms with Gasteiger partial charge in [0, 0.05) is 10.6 Å². The standard InChI is InChI=1S/C18H20ClNO/c1-18(20(2)3,13-14-9-11-16(19)12-10-14)17(21)15-7-5-4-6-8-15/h4-12H,13H2,1-3H3. The van der Waals surface area contributed by atoms with Crippen molar-refractivity contribution in [2.75, 3.05) is 14.1 Å². The lowest BCUT2D eigenvalue weighted by Gasteiger charge is -2.35. The van der Waals surface area contributed by atoms with Crippen molar-refractivity contribution in [3.05, 3.63) is 70.7 Å². The average molecular weight is 302 g/mol. The maximum absolute atomic E-state index is 12.9. The first-order valence-corrected chi connectivity index (χ1v) is 7.33. The van der Waals surface area contributed by atoms with E-state index in [1.165, 1.54) is 0 Å². The average Bonchev–Trinajstić information content (AvgIpc) is 2.49. The Morgan fingerprint density at radius 2 is 1.62 bits per heavy atom. The number of halogens is 1. The lowest BCUT2D eigenvalue weighted by Crippen LogP contribution is -2.50. The highest BCUT2D eigenvalue weighted by molar-refractivity contribution is 6.30. The van der Waals surface area contributed by atoms with Crippen LogP contribution in [0.2, 0.25) is 5.02 Å². The third kappa shape index (κ3) is 3.52. The van der Waals surface area contributed by atoms with Crippen molar-refractivity contribution < 1.29 is 4.79 Å². The van der Waals surface area contributed by atoms with Gasteiger partial charge in [-0.05, 0) is 45.1 Å². The first kappa shape index (κ1) is 15.7. The number of carbonyl (C=O) groups is 1. The van der Waals surface area contributed by atoms with Crippen LogP contribution in [0, 0.1) is 0 Å². The Hall–Kier alpha value is -1.64. The quantitative estimate of drug-likeness (QED) is 0.775. The maximum Gasteiger partial charge on any atom is 0.183 e. The van der Waals surface area contributed by atoms with Crippen molar-refractivity contribution in [1.82, 2.24) is 4.90 Å². The number of ketones is 1. The fourth-order valence-electron chi connectivity index (χ4n) is 2.34. The van der Waals surface area contributed by atoms with Gasteiger partial charge < -0.3 is 0 Å². The molecule has 2 nitrogen and oxygen atoms in total. The van der Waals surface area contributed by atoms with E-state index in [0.717, 1.165) is 11.1 Å². The molecular weight excluding hydrogens is 282 g/mol. The van der Waals surface area contributed by atoms with Gasteiger partial charge in [-0.25, -0.2) is 0 Å². The van der Waals surface area contributed by atoms with Gasteiger partial charge in [0.25, 0.3) is 0 Å². The molecule has 0 saturated heterocycles. The van der Waals surface area contributed by atoms with Crippen LogP contribution in [0.5, 0.6) is 0 Å². The molecule has 0 aromatic heterocycles. The van der Waals surface area contributed by atoms with Gasteiger partial charge in [0.05, 0.1) is 5.54 Å². The van der Waals surface area contributed by atoms with Crippen LogP contribution in [0.15, 0.2) is 54.6 Å². The summed E-state index contributed by atoms with van der Waals surface area (Å²) in [6, 6.07) is 17.1. The highest BCUT2D eigenvalue weighted by atomic mass is 35.5. The minimum Gasteiger partial charge on any atom is -0.297 e. The fraction of sp³-hybridized carbons (Fsp3) is 0.278. The van der Waals surface area contributed by atoms with Crippen molar-refractivity contribution >= 4 is 17.4 Å². The second kappa shape index (κ2) is 6.42. The maximum atomic E-state index is 12.9. The first-order valence-electron chi connectivity index (χ1n) is 6.95. The zero-order valence-corrected chi connectivity index (χ0v) is 13.4. The second-order valence-electron chi connectivity index (χ2n) is 5.67. The molecule has 0 aliphatic rings. The van der Waals surface area contributed by atoms with Crippen LogP contribution >= 0.6 is 11.6 Å². The van der Waals surface area contributed by atoms with E-state index in [0.29, 0.717) is 11.4 Å². The van der Waals surface area contributed by atoms with E-state index in [9.17, 15) is 4.79 Å². The van der Waals surface area contributed by atoms with Gasteiger partial charge in [-0.15, -0.1) is 0 Å². The summed E-state index contributed by atoms with van der Waals surface area (Å²) in [6.07, 6.45) is 0.644. The first-order chi connectivity index (χ1) is 9.93. The van der Waals surface area contributed by atoms with E-state index in [1.807, 2.05) is 80.5 Å². The van der Waals surface area contributed by atoms with Crippen LogP contribution in [-0.2, 0) is 6.42 Å². The van der Waals surface area contributed by atoms with Crippen LogP contribution in [0.1, 0.15) is 22.8 Å². The van der Waals surface area contributed by atoms with Gasteiger partial charge in [0.2, 0.25) is 0 Å². The predicted molar refractivity (Wildman–Crippen MR) is 88.0 cm³/mol. The third-order valence-electron chi connectivity index (χ3n) is 3.97. The highest BCUT2D eigenvalue weighted by Gasteiger charge is 2.36. The van der Waals surface area contributed by atoms with Crippen LogP contribution in [0.4, 0.5) is 0 Å². The molecule has 0 radical (unpaired) electrons. The number of benzene rings is 2. The molecule has 0 N–H and O–H groups in total. The minimum absolute atomic E-state index is 0.128. The monoisotopic (exact) mass is 301 g/mol. The van der Waals surface area contributed by atoms with Gasteiger partial charge in [0.15, 0.2) is 5.78 Å². The zero-order valence-electron chi connectivity index (χ0n) is 12.6. The largest absolute Gasteiger partial charge is 0.297 e. The van der Waals surface area contributed by atoms with Gasteiger partial charge in [-0.1, -0.05) is 54.1 Å². The molecule has 2 aromatic carbocycles. The fourth-order valence-corrected chi connectivity index (χ4v) is 2.47. The van der Waals surface area contributed by atoms with Crippen molar-refractivity contribution in [3.8, 4) is 0 Å². The number of hydrogen-bond acceptors (Lipinski definition) is 2. The summed E-state index contributed by atoms with van der Waals surface area (Å²) in [5.41, 5.74) is 1.25. The molecule has 21 heavy (non-hydrogen) atoms. The minimum atomic E-state index is -0.588. The summed E-state index contributed by atoms with van der Waals surface area (Å²) in [4.78, 5) is 14.9. The number of hydrogen-bond donors (Lipinski definition) is 0. The van der Waals surface area contributed by atoms with Crippen LogP contribution in [0.25, 0.3) is 0 Å². The van der Waals surface area contributed by atoms with Crippen LogP contribution in [0.3, 0.4) is 0 Å². The summed E-state index contributed by atoms with van der Waals surface area (Å²) in [7, 11) is 3.88. The van der Waals surface area contributed by atoms with E-state index in [-0.39, 0.29) is 5.78 Å². The molecule has 0 aliphatic heterocycles. The van der Waals surface area contributed by atoms with Gasteiger partial charge in [-0.3, -0.25) is 9.69 Å². The Labute approximate surface area is 131 Å². The molecule has 2 rings (SSSR count). The summed E-state index contributed by atoms with van der Waals surface area (Å²) in [5, 5.41) is 0.708. The molecular formula is C18H20ClNO. The molecule has 0 bridgehead atoms. The lowest BCUT2D eigenvalue weighted by molar-refractivity contribution is 0.0719. The van der Waals surface area contributed by atoms with E-state index in [1.54, 1.807) is 0 Å². The molecule has 0 spiro atoms. The SMILES string of the molecule is CN(C)C(C)(Cc1ccc(Cl)cc1)C(=O)c1ccccc1. The number of Topliss-reactive ketones (excluding diaryl/α,β-unsaturated/α-hetero) is 1. The molecule has 2 aromatic rings.